The molecule has 1 aromatic heterocycles. The number of hydrogen-bond donors (Lipinski definition) is 1. The molecule has 84 valence electrons. The molecule has 0 amide bonds. The number of hydrogen-bond acceptors (Lipinski definition) is 5. The Labute approximate surface area is 100 Å². The Morgan fingerprint density at radius 1 is 1.87 bits per heavy atom. The molecule has 0 aromatic carbocycles. The first-order valence-corrected chi connectivity index (χ1v) is 6.28. The summed E-state index contributed by atoms with van der Waals surface area (Å²) in [5, 5.41) is 22.6. The van der Waals surface area contributed by atoms with Crippen molar-refractivity contribution in [1.29, 1.82) is 0 Å². The van der Waals surface area contributed by atoms with Crippen LogP contribution in [0.25, 0.3) is 0 Å². The van der Waals surface area contributed by atoms with Crippen molar-refractivity contribution in [2.75, 3.05) is 19.8 Å². The zero-order chi connectivity index (χ0) is 11.1. The second-order valence-electron chi connectivity index (χ2n) is 3.53. The predicted molar refractivity (Wildman–Crippen MR) is 63.1 cm³/mol. The molecule has 2 unspecified atom stereocenters. The minimum absolute atomic E-state index is 0.275. The molecule has 2 heterocycles. The van der Waals surface area contributed by atoms with E-state index in [0.717, 1.165) is 10.3 Å². The van der Waals surface area contributed by atoms with Gasteiger partial charge in [-0.25, -0.2) is 4.90 Å². The van der Waals surface area contributed by atoms with Gasteiger partial charge in [0, 0.05) is 6.54 Å². The van der Waals surface area contributed by atoms with Gasteiger partial charge in [0.05, 0.1) is 16.5 Å². The van der Waals surface area contributed by atoms with E-state index in [4.69, 9.17) is 0 Å². The Morgan fingerprint density at radius 2 is 2.60 bits per heavy atom. The number of thiazole rings is 1. The maximum atomic E-state index is 12.4. The number of aliphatic hydroxyl groups excluding tert-OH is 1. The van der Waals surface area contributed by atoms with Crippen LogP contribution in [-0.2, 0) is 0 Å². The summed E-state index contributed by atoms with van der Waals surface area (Å²) in [5.41, 5.74) is 0. The summed E-state index contributed by atoms with van der Waals surface area (Å²) in [6, 6.07) is 0. The number of rotatable bonds is 2. The molecule has 0 saturated carbocycles. The molecule has 1 saturated heterocycles. The van der Waals surface area contributed by atoms with E-state index in [9.17, 15) is 10.3 Å². The van der Waals surface area contributed by atoms with Crippen molar-refractivity contribution < 1.29 is 5.11 Å². The number of β-amino-alcohol motifs (C(OH)–C–C–N with tert-alkyl or cyclic N) is 1. The van der Waals surface area contributed by atoms with Gasteiger partial charge in [0.15, 0.2) is 0 Å². The lowest BCUT2D eigenvalue weighted by molar-refractivity contribution is 0.0847. The van der Waals surface area contributed by atoms with Gasteiger partial charge in [-0.05, 0) is 27.3 Å². The van der Waals surface area contributed by atoms with Crippen molar-refractivity contribution in [3.63, 3.8) is 0 Å². The molecule has 1 N–H and O–H groups in total. The molecular formula is C8H12BrN3O2S. The number of nitrogens with zero attached hydrogens (tertiary/aromatic N) is 3. The number of aromatic nitrogens is 1. The molecule has 1 aromatic rings. The van der Waals surface area contributed by atoms with E-state index >= 15 is 0 Å². The lowest BCUT2D eigenvalue weighted by atomic mass is 10.5. The van der Waals surface area contributed by atoms with Gasteiger partial charge in [0.25, 0.3) is 5.13 Å². The fourth-order valence-electron chi connectivity index (χ4n) is 1.65. The molecule has 0 aliphatic carbocycles. The van der Waals surface area contributed by atoms with Crippen LogP contribution < -0.4 is 4.65 Å². The van der Waals surface area contributed by atoms with Crippen LogP contribution in [-0.4, -0.2) is 41.0 Å². The highest BCUT2D eigenvalue weighted by atomic mass is 79.9. The third-order valence-corrected chi connectivity index (χ3v) is 4.14. The van der Waals surface area contributed by atoms with Crippen LogP contribution in [0.1, 0.15) is 6.92 Å². The average molecular weight is 294 g/mol. The van der Waals surface area contributed by atoms with Gasteiger partial charge in [-0.15, -0.1) is 0 Å². The van der Waals surface area contributed by atoms with E-state index in [1.165, 1.54) is 11.3 Å². The molecule has 15 heavy (non-hydrogen) atoms. The maximum Gasteiger partial charge on any atom is 0.290 e. The van der Waals surface area contributed by atoms with Crippen LogP contribution in [0.3, 0.4) is 0 Å². The standard InChI is InChI=1S/C8H12BrN3O2S/c1-2-11-4-7(13)12(14,5-11)8-10-3-6(9)15-8/h3,7,13H,2,4-5H2,1H3. The fraction of sp³-hybridized carbons (Fsp3) is 0.625. The van der Waals surface area contributed by atoms with Gasteiger partial charge in [-0.3, -0.25) is 4.65 Å². The SMILES string of the molecule is CCN1CC(O)[N+]([O-])(c2ncc(Br)s2)C1. The molecule has 7 heteroatoms. The maximum absolute atomic E-state index is 12.4. The summed E-state index contributed by atoms with van der Waals surface area (Å²) in [7, 11) is 0. The monoisotopic (exact) mass is 293 g/mol. The smallest absolute Gasteiger partial charge is 0.290 e. The van der Waals surface area contributed by atoms with Gasteiger partial charge < -0.3 is 10.3 Å². The van der Waals surface area contributed by atoms with Crippen LogP contribution in [0.5, 0.6) is 0 Å². The lowest BCUT2D eigenvalue weighted by Crippen LogP contribution is -2.48. The molecular weight excluding hydrogens is 282 g/mol. The molecule has 2 atom stereocenters. The molecule has 0 radical (unpaired) electrons. The summed E-state index contributed by atoms with van der Waals surface area (Å²) < 4.78 is 0.0670. The molecule has 1 aliphatic rings. The third-order valence-electron chi connectivity index (χ3n) is 2.55. The second kappa shape index (κ2) is 4.08. The number of aliphatic hydroxyl groups is 1. The van der Waals surface area contributed by atoms with Crippen LogP contribution in [0.15, 0.2) is 9.98 Å². The summed E-state index contributed by atoms with van der Waals surface area (Å²) in [4.78, 5) is 5.96. The van der Waals surface area contributed by atoms with Crippen molar-refractivity contribution in [3.8, 4) is 0 Å². The molecule has 1 aliphatic heterocycles. The van der Waals surface area contributed by atoms with Crippen molar-refractivity contribution >= 4 is 32.4 Å². The minimum atomic E-state index is -0.928. The Morgan fingerprint density at radius 3 is 3.07 bits per heavy atom. The van der Waals surface area contributed by atoms with Crippen molar-refractivity contribution in [1.82, 2.24) is 14.5 Å². The first-order valence-electron chi connectivity index (χ1n) is 4.67. The van der Waals surface area contributed by atoms with Crippen LogP contribution in [0, 0.1) is 5.21 Å². The van der Waals surface area contributed by atoms with Crippen LogP contribution in [0.4, 0.5) is 5.13 Å². The third kappa shape index (κ3) is 1.95. The normalized spacial score (nSPS) is 32.4. The molecule has 0 spiro atoms. The highest BCUT2D eigenvalue weighted by Gasteiger charge is 2.41. The van der Waals surface area contributed by atoms with E-state index in [1.807, 2.05) is 11.8 Å². The highest BCUT2D eigenvalue weighted by Crippen LogP contribution is 2.35. The number of halogens is 1. The van der Waals surface area contributed by atoms with E-state index in [0.29, 0.717) is 11.7 Å². The minimum Gasteiger partial charge on any atom is -0.623 e. The lowest BCUT2D eigenvalue weighted by Gasteiger charge is -2.37. The van der Waals surface area contributed by atoms with Gasteiger partial charge >= 0.3 is 0 Å². The van der Waals surface area contributed by atoms with Crippen molar-refractivity contribution in [3.05, 3.63) is 15.2 Å². The fourth-order valence-corrected chi connectivity index (χ4v) is 2.91. The van der Waals surface area contributed by atoms with Gasteiger partial charge in [-0.1, -0.05) is 6.92 Å². The second-order valence-corrected chi connectivity index (χ2v) is 5.92. The van der Waals surface area contributed by atoms with Crippen molar-refractivity contribution in [2.24, 2.45) is 0 Å². The number of quaternary nitrogens is 1. The summed E-state index contributed by atoms with van der Waals surface area (Å²) in [6.07, 6.45) is 0.669. The zero-order valence-electron chi connectivity index (χ0n) is 8.26. The Bertz CT molecular complexity index is 361. The van der Waals surface area contributed by atoms with Gasteiger partial charge in [0.2, 0.25) is 6.23 Å². The Balaban J connectivity index is 2.27. The van der Waals surface area contributed by atoms with E-state index in [-0.39, 0.29) is 6.67 Å². The topological polar surface area (TPSA) is 59.4 Å². The first kappa shape index (κ1) is 11.4. The van der Waals surface area contributed by atoms with Crippen LogP contribution >= 0.6 is 27.3 Å². The molecule has 2 rings (SSSR count). The zero-order valence-corrected chi connectivity index (χ0v) is 10.7. The summed E-state index contributed by atoms with van der Waals surface area (Å²) in [6.45, 7) is 3.43. The van der Waals surface area contributed by atoms with E-state index in [1.54, 1.807) is 6.20 Å². The molecule has 0 bridgehead atoms. The van der Waals surface area contributed by atoms with E-state index in [2.05, 4.69) is 20.9 Å². The largest absolute Gasteiger partial charge is 0.623 e. The Kier molecular flexibility index (Phi) is 3.11. The van der Waals surface area contributed by atoms with Crippen LogP contribution in [0.2, 0.25) is 0 Å². The molecule has 5 nitrogen and oxygen atoms in total. The first-order chi connectivity index (χ1) is 7.06. The average Bonchev–Trinajstić information content (AvgIpc) is 2.73. The number of hydroxylamine groups is 2. The summed E-state index contributed by atoms with van der Waals surface area (Å²) >= 11 is 4.55. The van der Waals surface area contributed by atoms with E-state index < -0.39 is 10.9 Å². The van der Waals surface area contributed by atoms with Gasteiger partial charge in [-0.2, -0.15) is 4.98 Å². The summed E-state index contributed by atoms with van der Waals surface area (Å²) in [5.74, 6) is 0. The quantitative estimate of drug-likeness (QED) is 0.660. The predicted octanol–water partition coefficient (Wildman–Crippen LogP) is 1.32. The van der Waals surface area contributed by atoms with Crippen molar-refractivity contribution in [2.45, 2.75) is 13.2 Å². The number of likely N-dealkylation sites (N-methyl/N-ethyl adjacent to an activating group) is 1. The molecule has 1 fully saturated rings. The Hall–Kier alpha value is -0.0500. The van der Waals surface area contributed by atoms with Gasteiger partial charge in [0.1, 0.15) is 6.67 Å². The highest BCUT2D eigenvalue weighted by molar-refractivity contribution is 9.11.